The summed E-state index contributed by atoms with van der Waals surface area (Å²) in [6.45, 7) is 4.60. The van der Waals surface area contributed by atoms with Crippen LogP contribution in [0.25, 0.3) is 0 Å². The molecule has 5 nitrogen and oxygen atoms in total. The van der Waals surface area contributed by atoms with Gasteiger partial charge < -0.3 is 15.4 Å². The lowest BCUT2D eigenvalue weighted by Gasteiger charge is -2.19. The van der Waals surface area contributed by atoms with E-state index in [9.17, 15) is 0 Å². The van der Waals surface area contributed by atoms with E-state index in [-0.39, 0.29) is 0 Å². The lowest BCUT2D eigenvalue weighted by atomic mass is 10.3. The highest BCUT2D eigenvalue weighted by Gasteiger charge is 2.07. The Balaban J connectivity index is 2.59. The summed E-state index contributed by atoms with van der Waals surface area (Å²) in [5, 5.41) is 0. The topological polar surface area (TPSA) is 64.3 Å². The van der Waals surface area contributed by atoms with Crippen LogP contribution in [0.1, 0.15) is 12.6 Å². The Morgan fingerprint density at radius 3 is 2.80 bits per heavy atom. The van der Waals surface area contributed by atoms with Gasteiger partial charge in [0.15, 0.2) is 5.82 Å². The van der Waals surface area contributed by atoms with Crippen molar-refractivity contribution in [2.24, 2.45) is 5.73 Å². The van der Waals surface area contributed by atoms with Crippen LogP contribution in [-0.2, 0) is 11.3 Å². The highest BCUT2D eigenvalue weighted by molar-refractivity contribution is 5.41. The molecule has 0 aliphatic heterocycles. The van der Waals surface area contributed by atoms with Gasteiger partial charge in [0.2, 0.25) is 0 Å². The van der Waals surface area contributed by atoms with Crippen molar-refractivity contribution in [2.75, 3.05) is 31.7 Å². The van der Waals surface area contributed by atoms with E-state index in [1.54, 1.807) is 12.4 Å². The Labute approximate surface area is 90.3 Å². The van der Waals surface area contributed by atoms with Crippen molar-refractivity contribution in [3.8, 4) is 0 Å². The molecule has 2 N–H and O–H groups in total. The van der Waals surface area contributed by atoms with Crippen LogP contribution in [0.4, 0.5) is 5.82 Å². The number of nitrogens with two attached hydrogens (primary N) is 1. The second kappa shape index (κ2) is 6.31. The lowest BCUT2D eigenvalue weighted by Crippen LogP contribution is -2.25. The van der Waals surface area contributed by atoms with Gasteiger partial charge in [0.05, 0.1) is 12.3 Å². The molecule has 0 aliphatic rings. The summed E-state index contributed by atoms with van der Waals surface area (Å²) >= 11 is 0. The third kappa shape index (κ3) is 3.45. The number of hydrogen-bond donors (Lipinski definition) is 1. The van der Waals surface area contributed by atoms with Gasteiger partial charge in [-0.15, -0.1) is 0 Å². The average Bonchev–Trinajstić information content (AvgIpc) is 2.29. The predicted octanol–water partition coefficient (Wildman–Crippen LogP) is 0.408. The van der Waals surface area contributed by atoms with Crippen molar-refractivity contribution in [3.05, 3.63) is 18.1 Å². The Hall–Kier alpha value is -1.20. The maximum atomic E-state index is 5.58. The number of rotatable bonds is 6. The van der Waals surface area contributed by atoms with E-state index in [4.69, 9.17) is 10.5 Å². The summed E-state index contributed by atoms with van der Waals surface area (Å²) in [6, 6.07) is 0. The van der Waals surface area contributed by atoms with E-state index in [1.165, 1.54) is 0 Å². The van der Waals surface area contributed by atoms with Crippen LogP contribution in [0.15, 0.2) is 12.4 Å². The molecule has 0 spiro atoms. The molecule has 1 aromatic heterocycles. The Kier molecular flexibility index (Phi) is 5.00. The third-order valence-electron chi connectivity index (χ3n) is 2.08. The minimum absolute atomic E-state index is 0.405. The second-order valence-corrected chi connectivity index (χ2v) is 3.15. The van der Waals surface area contributed by atoms with Gasteiger partial charge in [0.25, 0.3) is 0 Å². The minimum atomic E-state index is 0.405. The predicted molar refractivity (Wildman–Crippen MR) is 59.7 cm³/mol. The monoisotopic (exact) mass is 210 g/mol. The van der Waals surface area contributed by atoms with Gasteiger partial charge in [-0.2, -0.15) is 0 Å². The maximum absolute atomic E-state index is 5.58. The summed E-state index contributed by atoms with van der Waals surface area (Å²) in [6.07, 6.45) is 3.33. The smallest absolute Gasteiger partial charge is 0.151 e. The summed E-state index contributed by atoms with van der Waals surface area (Å²) in [5.74, 6) is 0.833. The molecule has 15 heavy (non-hydrogen) atoms. The van der Waals surface area contributed by atoms with E-state index in [1.807, 2.05) is 18.9 Å². The normalized spacial score (nSPS) is 10.3. The molecule has 0 saturated carbocycles. The molecule has 0 unspecified atom stereocenters. The first kappa shape index (κ1) is 11.9. The van der Waals surface area contributed by atoms with E-state index in [2.05, 4.69) is 9.97 Å². The van der Waals surface area contributed by atoms with Gasteiger partial charge in [-0.25, -0.2) is 4.98 Å². The van der Waals surface area contributed by atoms with E-state index in [0.29, 0.717) is 13.2 Å². The van der Waals surface area contributed by atoms with Crippen molar-refractivity contribution in [3.63, 3.8) is 0 Å². The van der Waals surface area contributed by atoms with Crippen molar-refractivity contribution < 1.29 is 4.74 Å². The average molecular weight is 210 g/mol. The minimum Gasteiger partial charge on any atom is -0.380 e. The van der Waals surface area contributed by atoms with Crippen LogP contribution in [0.3, 0.4) is 0 Å². The molecule has 0 atom stereocenters. The fraction of sp³-hybridized carbons (Fsp3) is 0.600. The third-order valence-corrected chi connectivity index (χ3v) is 2.08. The number of nitrogens with zero attached hydrogens (tertiary/aromatic N) is 3. The Morgan fingerprint density at radius 1 is 1.40 bits per heavy atom. The van der Waals surface area contributed by atoms with Crippen LogP contribution >= 0.6 is 0 Å². The molecule has 0 radical (unpaired) electrons. The van der Waals surface area contributed by atoms with Crippen LogP contribution in [0, 0.1) is 0 Å². The molecule has 0 aliphatic carbocycles. The molecule has 0 bridgehead atoms. The number of ether oxygens (including phenoxy) is 1. The Bertz CT molecular complexity index is 293. The molecular formula is C10H18N4O. The van der Waals surface area contributed by atoms with E-state index < -0.39 is 0 Å². The van der Waals surface area contributed by atoms with E-state index >= 15 is 0 Å². The molecule has 0 aromatic carbocycles. The van der Waals surface area contributed by atoms with Gasteiger partial charge in [-0.05, 0) is 6.92 Å². The molecule has 0 saturated heterocycles. The van der Waals surface area contributed by atoms with Crippen molar-refractivity contribution >= 4 is 5.82 Å². The van der Waals surface area contributed by atoms with Crippen LogP contribution in [0.2, 0.25) is 0 Å². The molecule has 1 aromatic rings. The molecule has 84 valence electrons. The summed E-state index contributed by atoms with van der Waals surface area (Å²) in [7, 11) is 1.96. The number of hydrogen-bond acceptors (Lipinski definition) is 5. The van der Waals surface area contributed by atoms with Gasteiger partial charge in [-0.1, -0.05) is 0 Å². The van der Waals surface area contributed by atoms with Crippen molar-refractivity contribution in [1.29, 1.82) is 0 Å². The fourth-order valence-corrected chi connectivity index (χ4v) is 1.27. The van der Waals surface area contributed by atoms with Gasteiger partial charge in [0.1, 0.15) is 0 Å². The zero-order valence-electron chi connectivity index (χ0n) is 9.31. The summed E-state index contributed by atoms with van der Waals surface area (Å²) in [4.78, 5) is 10.4. The maximum Gasteiger partial charge on any atom is 0.151 e. The van der Waals surface area contributed by atoms with Crippen LogP contribution < -0.4 is 10.6 Å². The van der Waals surface area contributed by atoms with Crippen molar-refractivity contribution in [2.45, 2.75) is 13.5 Å². The first-order chi connectivity index (χ1) is 7.29. The molecule has 0 amide bonds. The largest absolute Gasteiger partial charge is 0.380 e. The zero-order chi connectivity index (χ0) is 11.1. The standard InChI is InChI=1S/C10H18N4O/c1-3-15-7-6-14(2)10-9(8-11)12-4-5-13-10/h4-5H,3,6-8,11H2,1-2H3. The van der Waals surface area contributed by atoms with Crippen LogP contribution in [-0.4, -0.2) is 36.8 Å². The highest BCUT2D eigenvalue weighted by Crippen LogP contribution is 2.11. The van der Waals surface area contributed by atoms with Gasteiger partial charge >= 0.3 is 0 Å². The summed E-state index contributed by atoms with van der Waals surface area (Å²) in [5.41, 5.74) is 6.40. The molecule has 1 heterocycles. The molecule has 5 heteroatoms. The number of likely N-dealkylation sites (N-methyl/N-ethyl adjacent to an activating group) is 1. The molecule has 0 fully saturated rings. The Morgan fingerprint density at radius 2 is 2.13 bits per heavy atom. The first-order valence-electron chi connectivity index (χ1n) is 5.08. The SMILES string of the molecule is CCOCCN(C)c1nccnc1CN. The van der Waals surface area contributed by atoms with Gasteiger partial charge in [-0.3, -0.25) is 4.98 Å². The quantitative estimate of drug-likeness (QED) is 0.689. The first-order valence-corrected chi connectivity index (χ1v) is 5.08. The highest BCUT2D eigenvalue weighted by atomic mass is 16.5. The van der Waals surface area contributed by atoms with E-state index in [0.717, 1.165) is 24.7 Å². The number of aromatic nitrogens is 2. The second-order valence-electron chi connectivity index (χ2n) is 3.15. The van der Waals surface area contributed by atoms with Crippen molar-refractivity contribution in [1.82, 2.24) is 9.97 Å². The van der Waals surface area contributed by atoms with Crippen LogP contribution in [0.5, 0.6) is 0 Å². The lowest BCUT2D eigenvalue weighted by molar-refractivity contribution is 0.154. The molecule has 1 rings (SSSR count). The summed E-state index contributed by atoms with van der Waals surface area (Å²) < 4.78 is 5.28. The fourth-order valence-electron chi connectivity index (χ4n) is 1.27. The molecular weight excluding hydrogens is 192 g/mol. The zero-order valence-corrected chi connectivity index (χ0v) is 9.31. The van der Waals surface area contributed by atoms with Gasteiger partial charge in [0, 0.05) is 39.1 Å². The number of anilines is 1.